The largest absolute Gasteiger partial charge is 0.385 e. The average molecular weight is 271 g/mol. The number of aromatic amines is 1. The van der Waals surface area contributed by atoms with Crippen LogP contribution in [0.15, 0.2) is 30.6 Å². The molecule has 1 aromatic carbocycles. The lowest BCUT2D eigenvalue weighted by atomic mass is 10.1. The van der Waals surface area contributed by atoms with Crippen LogP contribution in [0.4, 0.5) is 11.4 Å². The molecular weight excluding hydrogens is 258 g/mol. The molecule has 0 atom stereocenters. The summed E-state index contributed by atoms with van der Waals surface area (Å²) in [7, 11) is 0. The molecule has 0 fully saturated rings. The second kappa shape index (κ2) is 6.33. The van der Waals surface area contributed by atoms with Gasteiger partial charge in [-0.3, -0.25) is 10.1 Å². The maximum absolute atomic E-state index is 10.7. The molecule has 0 aliphatic rings. The van der Waals surface area contributed by atoms with Crippen molar-refractivity contribution in [2.75, 3.05) is 11.9 Å². The average Bonchev–Trinajstić information content (AvgIpc) is 2.96. The van der Waals surface area contributed by atoms with Crippen molar-refractivity contribution in [1.82, 2.24) is 9.97 Å². The van der Waals surface area contributed by atoms with Gasteiger partial charge in [0.05, 0.1) is 4.92 Å². The molecular formula is C13H13N5O2. The second-order valence-electron chi connectivity index (χ2n) is 4.17. The minimum atomic E-state index is -0.556. The molecule has 7 nitrogen and oxygen atoms in total. The zero-order valence-electron chi connectivity index (χ0n) is 10.7. The van der Waals surface area contributed by atoms with E-state index < -0.39 is 4.92 Å². The Morgan fingerprint density at radius 2 is 2.35 bits per heavy atom. The van der Waals surface area contributed by atoms with Gasteiger partial charge in [-0.25, -0.2) is 4.98 Å². The molecule has 0 saturated carbocycles. The van der Waals surface area contributed by atoms with Crippen LogP contribution in [-0.2, 0) is 6.42 Å². The monoisotopic (exact) mass is 271 g/mol. The molecule has 0 spiro atoms. The van der Waals surface area contributed by atoms with E-state index in [1.165, 1.54) is 12.1 Å². The van der Waals surface area contributed by atoms with Gasteiger partial charge in [0.15, 0.2) is 0 Å². The molecule has 2 rings (SSSR count). The number of imidazole rings is 1. The molecule has 2 N–H and O–H groups in total. The summed E-state index contributed by atoms with van der Waals surface area (Å²) in [5.74, 6) is 0.924. The number of nitrogens with one attached hydrogen (secondary N) is 2. The molecule has 0 unspecified atom stereocenters. The molecule has 1 heterocycles. The fourth-order valence-electron chi connectivity index (χ4n) is 1.82. The van der Waals surface area contributed by atoms with Crippen molar-refractivity contribution in [2.45, 2.75) is 12.8 Å². The van der Waals surface area contributed by atoms with E-state index in [1.807, 2.05) is 6.07 Å². The summed E-state index contributed by atoms with van der Waals surface area (Å²) in [5.41, 5.74) is 0.589. The van der Waals surface area contributed by atoms with Gasteiger partial charge in [0.1, 0.15) is 17.5 Å². The number of nitro groups is 1. The van der Waals surface area contributed by atoms with Crippen LogP contribution in [0, 0.1) is 21.4 Å². The molecule has 0 amide bonds. The third kappa shape index (κ3) is 3.32. The Kier molecular flexibility index (Phi) is 4.29. The first-order valence-electron chi connectivity index (χ1n) is 6.11. The minimum absolute atomic E-state index is 0.0611. The van der Waals surface area contributed by atoms with Gasteiger partial charge >= 0.3 is 0 Å². The molecule has 0 aliphatic carbocycles. The summed E-state index contributed by atoms with van der Waals surface area (Å²) in [5, 5.41) is 22.7. The van der Waals surface area contributed by atoms with E-state index in [9.17, 15) is 10.1 Å². The second-order valence-corrected chi connectivity index (χ2v) is 4.17. The van der Waals surface area contributed by atoms with Crippen LogP contribution < -0.4 is 5.32 Å². The quantitative estimate of drug-likeness (QED) is 0.476. The predicted octanol–water partition coefficient (Wildman–Crippen LogP) is 2.23. The van der Waals surface area contributed by atoms with E-state index in [-0.39, 0.29) is 11.3 Å². The van der Waals surface area contributed by atoms with Crippen molar-refractivity contribution < 1.29 is 4.92 Å². The number of aryl methyl sites for hydroxylation is 1. The van der Waals surface area contributed by atoms with Crippen LogP contribution in [0.3, 0.4) is 0 Å². The first kappa shape index (κ1) is 13.5. The van der Waals surface area contributed by atoms with Gasteiger partial charge < -0.3 is 10.3 Å². The van der Waals surface area contributed by atoms with Crippen LogP contribution in [0.2, 0.25) is 0 Å². The van der Waals surface area contributed by atoms with Crippen molar-refractivity contribution in [3.05, 3.63) is 52.1 Å². The van der Waals surface area contributed by atoms with E-state index in [2.05, 4.69) is 15.3 Å². The van der Waals surface area contributed by atoms with Crippen LogP contribution in [0.5, 0.6) is 0 Å². The Balaban J connectivity index is 1.90. The Labute approximate surface area is 115 Å². The van der Waals surface area contributed by atoms with Crippen LogP contribution in [0.1, 0.15) is 17.8 Å². The first-order valence-corrected chi connectivity index (χ1v) is 6.11. The summed E-state index contributed by atoms with van der Waals surface area (Å²) in [6.07, 6.45) is 5.17. The summed E-state index contributed by atoms with van der Waals surface area (Å²) in [6.45, 7) is 0.698. The van der Waals surface area contributed by atoms with Gasteiger partial charge in [-0.1, -0.05) is 0 Å². The molecule has 0 saturated heterocycles. The highest BCUT2D eigenvalue weighted by atomic mass is 16.6. The third-order valence-corrected chi connectivity index (χ3v) is 2.79. The van der Waals surface area contributed by atoms with Gasteiger partial charge in [-0.05, 0) is 18.6 Å². The third-order valence-electron chi connectivity index (χ3n) is 2.79. The number of benzene rings is 1. The highest BCUT2D eigenvalue weighted by Crippen LogP contribution is 2.21. The minimum Gasteiger partial charge on any atom is -0.385 e. The standard InChI is InChI=1S/C13H13N5O2/c14-9-10-8-11(3-4-12(10)18(19)20)15-5-1-2-13-16-6-7-17-13/h3-4,6-8,15H,1-2,5H2,(H,16,17). The number of rotatable bonds is 6. The van der Waals surface area contributed by atoms with Crippen molar-refractivity contribution in [3.63, 3.8) is 0 Å². The Morgan fingerprint density at radius 3 is 3.00 bits per heavy atom. The molecule has 7 heteroatoms. The number of nitro benzene ring substituents is 1. The summed E-state index contributed by atoms with van der Waals surface area (Å²) < 4.78 is 0. The van der Waals surface area contributed by atoms with Crippen LogP contribution >= 0.6 is 0 Å². The fourth-order valence-corrected chi connectivity index (χ4v) is 1.82. The Morgan fingerprint density at radius 1 is 1.50 bits per heavy atom. The maximum Gasteiger partial charge on any atom is 0.287 e. The highest BCUT2D eigenvalue weighted by Gasteiger charge is 2.13. The molecule has 2 aromatic rings. The summed E-state index contributed by atoms with van der Waals surface area (Å²) in [6, 6.07) is 6.27. The highest BCUT2D eigenvalue weighted by molar-refractivity contribution is 5.58. The van der Waals surface area contributed by atoms with Crippen molar-refractivity contribution in [1.29, 1.82) is 5.26 Å². The van der Waals surface area contributed by atoms with Crippen molar-refractivity contribution >= 4 is 11.4 Å². The number of aromatic nitrogens is 2. The molecule has 102 valence electrons. The molecule has 20 heavy (non-hydrogen) atoms. The molecule has 1 aromatic heterocycles. The summed E-state index contributed by atoms with van der Waals surface area (Å²) >= 11 is 0. The van der Waals surface area contributed by atoms with Gasteiger partial charge in [-0.15, -0.1) is 0 Å². The first-order chi connectivity index (χ1) is 9.70. The van der Waals surface area contributed by atoms with Crippen LogP contribution in [0.25, 0.3) is 0 Å². The topological polar surface area (TPSA) is 108 Å². The lowest BCUT2D eigenvalue weighted by molar-refractivity contribution is -0.385. The fraction of sp³-hybridized carbons (Fsp3) is 0.231. The summed E-state index contributed by atoms with van der Waals surface area (Å²) in [4.78, 5) is 17.3. The number of hydrogen-bond donors (Lipinski definition) is 2. The van der Waals surface area contributed by atoms with E-state index >= 15 is 0 Å². The zero-order valence-corrected chi connectivity index (χ0v) is 10.7. The normalized spacial score (nSPS) is 9.95. The lowest BCUT2D eigenvalue weighted by Gasteiger charge is -2.06. The van der Waals surface area contributed by atoms with Crippen molar-refractivity contribution in [2.24, 2.45) is 0 Å². The number of H-pyrrole nitrogens is 1. The lowest BCUT2D eigenvalue weighted by Crippen LogP contribution is -2.04. The van der Waals surface area contributed by atoms with E-state index in [0.717, 1.165) is 18.7 Å². The Hall–Kier alpha value is -2.88. The van der Waals surface area contributed by atoms with E-state index in [0.29, 0.717) is 12.2 Å². The smallest absolute Gasteiger partial charge is 0.287 e. The maximum atomic E-state index is 10.7. The van der Waals surface area contributed by atoms with Gasteiger partial charge in [0.2, 0.25) is 0 Å². The van der Waals surface area contributed by atoms with Crippen molar-refractivity contribution in [3.8, 4) is 6.07 Å². The van der Waals surface area contributed by atoms with Crippen LogP contribution in [-0.4, -0.2) is 21.4 Å². The van der Waals surface area contributed by atoms with E-state index in [1.54, 1.807) is 18.5 Å². The number of nitriles is 1. The number of hydrogen-bond acceptors (Lipinski definition) is 5. The molecule has 0 aliphatic heterocycles. The number of nitrogens with zero attached hydrogens (tertiary/aromatic N) is 3. The van der Waals surface area contributed by atoms with Gasteiger partial charge in [0, 0.05) is 37.1 Å². The zero-order chi connectivity index (χ0) is 14.4. The van der Waals surface area contributed by atoms with Gasteiger partial charge in [0.25, 0.3) is 5.69 Å². The molecule has 0 bridgehead atoms. The van der Waals surface area contributed by atoms with E-state index in [4.69, 9.17) is 5.26 Å². The SMILES string of the molecule is N#Cc1cc(NCCCc2ncc[nH]2)ccc1[N+](=O)[O-]. The molecule has 0 radical (unpaired) electrons. The number of anilines is 1. The predicted molar refractivity (Wildman–Crippen MR) is 73.2 cm³/mol. The van der Waals surface area contributed by atoms with Gasteiger partial charge in [-0.2, -0.15) is 5.26 Å². The Bertz CT molecular complexity index is 631.